The fraction of sp³-hybridized carbons (Fsp3) is 0.200. The Bertz CT molecular complexity index is 1140. The fourth-order valence-electron chi connectivity index (χ4n) is 3.38. The number of nitrogens with one attached hydrogen (secondary N) is 1. The Kier molecular flexibility index (Phi) is 5.34. The molecule has 9 heteroatoms. The number of aliphatic hydroxyl groups excluding tert-OH is 1. The standard InChI is InChI=1S/C20H17F3N2O4/c1-9(19(28)24-8-26)18-10(2)25(16-7-15(23)17(27)6-12(16)18)20(29)11-3-4-13(21)14(22)5-11/h3-7,9,26-27H,8H2,1-2H3,(H,24,28). The first-order valence-electron chi connectivity index (χ1n) is 8.59. The summed E-state index contributed by atoms with van der Waals surface area (Å²) in [7, 11) is 0. The lowest BCUT2D eigenvalue weighted by molar-refractivity contribution is -0.123. The molecule has 1 atom stereocenters. The van der Waals surface area contributed by atoms with Crippen molar-refractivity contribution in [2.24, 2.45) is 0 Å². The number of aromatic hydroxyl groups is 1. The predicted octanol–water partition coefficient (Wildman–Crippen LogP) is 2.93. The summed E-state index contributed by atoms with van der Waals surface area (Å²) in [6.45, 7) is 2.42. The van der Waals surface area contributed by atoms with Crippen LogP contribution in [-0.2, 0) is 4.79 Å². The van der Waals surface area contributed by atoms with Gasteiger partial charge in [-0.05, 0) is 43.7 Å². The summed E-state index contributed by atoms with van der Waals surface area (Å²) < 4.78 is 41.9. The van der Waals surface area contributed by atoms with Gasteiger partial charge in [0.1, 0.15) is 6.73 Å². The highest BCUT2D eigenvalue weighted by molar-refractivity contribution is 6.05. The number of fused-ring (bicyclic) bond motifs is 1. The van der Waals surface area contributed by atoms with E-state index in [-0.39, 0.29) is 22.2 Å². The number of amides is 1. The topological polar surface area (TPSA) is 91.6 Å². The van der Waals surface area contributed by atoms with Gasteiger partial charge in [0.15, 0.2) is 23.2 Å². The van der Waals surface area contributed by atoms with Crippen LogP contribution in [0.3, 0.4) is 0 Å². The van der Waals surface area contributed by atoms with E-state index < -0.39 is 47.7 Å². The number of carbonyl (C=O) groups is 2. The lowest BCUT2D eigenvalue weighted by Gasteiger charge is -2.12. The Balaban J connectivity index is 2.28. The second-order valence-electron chi connectivity index (χ2n) is 6.51. The van der Waals surface area contributed by atoms with Crippen LogP contribution in [0.15, 0.2) is 30.3 Å². The van der Waals surface area contributed by atoms with Gasteiger partial charge in [0.05, 0.1) is 11.4 Å². The Hall–Kier alpha value is -3.33. The van der Waals surface area contributed by atoms with Crippen molar-refractivity contribution in [3.05, 3.63) is 64.6 Å². The van der Waals surface area contributed by atoms with Gasteiger partial charge in [0, 0.05) is 22.7 Å². The number of phenols is 1. The van der Waals surface area contributed by atoms with Gasteiger partial charge in [-0.2, -0.15) is 0 Å². The number of halogens is 3. The summed E-state index contributed by atoms with van der Waals surface area (Å²) in [4.78, 5) is 25.3. The van der Waals surface area contributed by atoms with Gasteiger partial charge in [0.25, 0.3) is 5.91 Å². The molecule has 1 unspecified atom stereocenters. The number of rotatable bonds is 4. The SMILES string of the molecule is Cc1c(C(C)C(=O)NCO)c2cc(O)c(F)cc2n1C(=O)c1ccc(F)c(F)c1. The number of benzene rings is 2. The molecule has 6 nitrogen and oxygen atoms in total. The molecule has 0 aliphatic carbocycles. The second-order valence-corrected chi connectivity index (χ2v) is 6.51. The van der Waals surface area contributed by atoms with Crippen LogP contribution < -0.4 is 5.32 Å². The van der Waals surface area contributed by atoms with Crippen LogP contribution in [0.25, 0.3) is 10.9 Å². The zero-order valence-electron chi connectivity index (χ0n) is 15.5. The number of carbonyl (C=O) groups excluding carboxylic acids is 2. The molecular weight excluding hydrogens is 389 g/mol. The van der Waals surface area contributed by atoms with Gasteiger partial charge in [-0.3, -0.25) is 14.2 Å². The maximum atomic E-state index is 14.0. The molecule has 1 aromatic heterocycles. The van der Waals surface area contributed by atoms with Crippen molar-refractivity contribution in [2.45, 2.75) is 19.8 Å². The van der Waals surface area contributed by atoms with Crippen LogP contribution in [0.4, 0.5) is 13.2 Å². The molecule has 3 N–H and O–H groups in total. The Morgan fingerprint density at radius 1 is 1.10 bits per heavy atom. The number of phenolic OH excluding ortho intramolecular Hbond substituents is 1. The predicted molar refractivity (Wildman–Crippen MR) is 98.0 cm³/mol. The van der Waals surface area contributed by atoms with E-state index in [2.05, 4.69) is 5.32 Å². The molecule has 0 fully saturated rings. The maximum Gasteiger partial charge on any atom is 0.262 e. The Morgan fingerprint density at radius 2 is 1.79 bits per heavy atom. The molecule has 0 aliphatic rings. The third kappa shape index (κ3) is 3.44. The number of hydrogen-bond donors (Lipinski definition) is 3. The molecule has 0 saturated heterocycles. The van der Waals surface area contributed by atoms with Crippen molar-refractivity contribution in [1.29, 1.82) is 0 Å². The van der Waals surface area contributed by atoms with Crippen LogP contribution in [0.5, 0.6) is 5.75 Å². The summed E-state index contributed by atoms with van der Waals surface area (Å²) in [5, 5.41) is 21.2. The molecule has 1 heterocycles. The van der Waals surface area contributed by atoms with Crippen LogP contribution in [0.1, 0.15) is 34.5 Å². The lowest BCUT2D eigenvalue weighted by atomic mass is 9.97. The van der Waals surface area contributed by atoms with E-state index in [0.717, 1.165) is 34.9 Å². The van der Waals surface area contributed by atoms with E-state index in [1.165, 1.54) is 13.8 Å². The van der Waals surface area contributed by atoms with Gasteiger partial charge < -0.3 is 15.5 Å². The third-order valence-corrected chi connectivity index (χ3v) is 4.77. The van der Waals surface area contributed by atoms with E-state index >= 15 is 0 Å². The van der Waals surface area contributed by atoms with Gasteiger partial charge in [-0.15, -0.1) is 0 Å². The van der Waals surface area contributed by atoms with E-state index in [1.54, 1.807) is 0 Å². The Morgan fingerprint density at radius 3 is 2.41 bits per heavy atom. The van der Waals surface area contributed by atoms with Gasteiger partial charge >= 0.3 is 0 Å². The molecule has 2 aromatic carbocycles. The highest BCUT2D eigenvalue weighted by Crippen LogP contribution is 2.36. The van der Waals surface area contributed by atoms with E-state index in [4.69, 9.17) is 5.11 Å². The van der Waals surface area contributed by atoms with Crippen molar-refractivity contribution in [3.63, 3.8) is 0 Å². The molecule has 0 aliphatic heterocycles. The molecule has 3 rings (SSSR count). The first-order valence-corrected chi connectivity index (χ1v) is 8.59. The minimum absolute atomic E-state index is 0.0474. The molecule has 3 aromatic rings. The van der Waals surface area contributed by atoms with Crippen LogP contribution >= 0.6 is 0 Å². The van der Waals surface area contributed by atoms with Crippen molar-refractivity contribution in [1.82, 2.24) is 9.88 Å². The molecular formula is C20H17F3N2O4. The minimum Gasteiger partial charge on any atom is -0.505 e. The average molecular weight is 406 g/mol. The van der Waals surface area contributed by atoms with Crippen molar-refractivity contribution < 1.29 is 33.0 Å². The summed E-state index contributed by atoms with van der Waals surface area (Å²) in [6, 6.07) is 4.63. The molecule has 0 radical (unpaired) electrons. The van der Waals surface area contributed by atoms with Crippen molar-refractivity contribution in [3.8, 4) is 5.75 Å². The van der Waals surface area contributed by atoms with Gasteiger partial charge in [-0.1, -0.05) is 0 Å². The highest BCUT2D eigenvalue weighted by atomic mass is 19.2. The van der Waals surface area contributed by atoms with E-state index in [9.17, 15) is 27.9 Å². The molecule has 152 valence electrons. The zero-order chi connectivity index (χ0) is 21.5. The van der Waals surface area contributed by atoms with Gasteiger partial charge in [0.2, 0.25) is 5.91 Å². The fourth-order valence-corrected chi connectivity index (χ4v) is 3.38. The van der Waals surface area contributed by atoms with Gasteiger partial charge in [-0.25, -0.2) is 13.2 Å². The molecule has 0 saturated carbocycles. The number of hydrogen-bond acceptors (Lipinski definition) is 4. The molecule has 29 heavy (non-hydrogen) atoms. The maximum absolute atomic E-state index is 14.0. The summed E-state index contributed by atoms with van der Waals surface area (Å²) in [5.41, 5.74) is 0.431. The van der Waals surface area contributed by atoms with E-state index in [0.29, 0.717) is 5.56 Å². The number of aliphatic hydroxyl groups is 1. The summed E-state index contributed by atoms with van der Waals surface area (Å²) in [6.07, 6.45) is 0. The van der Waals surface area contributed by atoms with Crippen LogP contribution in [0, 0.1) is 24.4 Å². The van der Waals surface area contributed by atoms with E-state index in [1.807, 2.05) is 0 Å². The number of aromatic nitrogens is 1. The Labute approximate surface area is 163 Å². The zero-order valence-corrected chi connectivity index (χ0v) is 15.5. The van der Waals surface area contributed by atoms with Crippen LogP contribution in [-0.4, -0.2) is 33.3 Å². The van der Waals surface area contributed by atoms with Crippen molar-refractivity contribution in [2.75, 3.05) is 6.73 Å². The third-order valence-electron chi connectivity index (χ3n) is 4.77. The lowest BCUT2D eigenvalue weighted by Crippen LogP contribution is -2.29. The summed E-state index contributed by atoms with van der Waals surface area (Å²) >= 11 is 0. The normalized spacial score (nSPS) is 12.2. The first-order chi connectivity index (χ1) is 13.7. The average Bonchev–Trinajstić information content (AvgIpc) is 2.94. The van der Waals surface area contributed by atoms with Crippen LogP contribution in [0.2, 0.25) is 0 Å². The smallest absolute Gasteiger partial charge is 0.262 e. The second kappa shape index (κ2) is 7.59. The molecule has 0 spiro atoms. The molecule has 0 bridgehead atoms. The largest absolute Gasteiger partial charge is 0.505 e. The quantitative estimate of drug-likeness (QED) is 0.581. The minimum atomic E-state index is -1.22. The first kappa shape index (κ1) is 20.4. The van der Waals surface area contributed by atoms with Crippen molar-refractivity contribution >= 4 is 22.7 Å². The monoisotopic (exact) mass is 406 g/mol. The molecule has 1 amide bonds. The highest BCUT2D eigenvalue weighted by Gasteiger charge is 2.27. The number of nitrogens with zero attached hydrogens (tertiary/aromatic N) is 1. The summed E-state index contributed by atoms with van der Waals surface area (Å²) in [5.74, 6) is -6.20.